The molecule has 0 heteroatoms. The summed E-state index contributed by atoms with van der Waals surface area (Å²) in [6.45, 7) is 18.3. The molecule has 5 rings (SSSR count). The normalized spacial score (nSPS) is 33.3. The summed E-state index contributed by atoms with van der Waals surface area (Å²) in [4.78, 5) is 0. The van der Waals surface area contributed by atoms with Gasteiger partial charge in [0, 0.05) is 0 Å². The summed E-state index contributed by atoms with van der Waals surface area (Å²) in [5.41, 5.74) is 7.17. The van der Waals surface area contributed by atoms with E-state index in [-0.39, 0.29) is 10.8 Å². The SMILES string of the molecule is C=CCCC1=CCC(C2(C3C4C=C(C(C)(C)C)C=CC4C4C=CC(C(C)(C)C)=CC43)CCCCC2)=C1. The van der Waals surface area contributed by atoms with Crippen molar-refractivity contribution >= 4 is 0 Å². The summed E-state index contributed by atoms with van der Waals surface area (Å²) >= 11 is 0. The van der Waals surface area contributed by atoms with E-state index in [4.69, 9.17) is 0 Å². The average Bonchev–Trinajstić information content (AvgIpc) is 3.44. The van der Waals surface area contributed by atoms with E-state index >= 15 is 0 Å². The maximum atomic E-state index is 3.98. The number of fused-ring (bicyclic) bond motifs is 3. The van der Waals surface area contributed by atoms with Crippen molar-refractivity contribution in [3.05, 3.63) is 83.6 Å². The summed E-state index contributed by atoms with van der Waals surface area (Å²) in [5, 5.41) is 0. The molecule has 4 atom stereocenters. The fourth-order valence-electron chi connectivity index (χ4n) is 8.31. The van der Waals surface area contributed by atoms with Gasteiger partial charge in [-0.25, -0.2) is 0 Å². The standard InChI is InChI=1S/C36H50/c1-8-9-13-25-14-15-28(22-25)36(20-11-10-12-21-36)33-31-23-26(34(2,3)4)16-18-29(31)30-19-17-27(24-32(30)33)35(5,6)7/h8,14,16-19,22-24,29-33H,1,9-13,15,20-21H2,2-7H3. The largest absolute Gasteiger partial charge is 0.103 e. The molecule has 36 heavy (non-hydrogen) atoms. The Kier molecular flexibility index (Phi) is 6.80. The summed E-state index contributed by atoms with van der Waals surface area (Å²) in [6.07, 6.45) is 33.4. The van der Waals surface area contributed by atoms with Gasteiger partial charge in [-0.15, -0.1) is 6.58 Å². The summed E-state index contributed by atoms with van der Waals surface area (Å²) in [6, 6.07) is 0. The molecule has 0 aromatic rings. The van der Waals surface area contributed by atoms with Gasteiger partial charge in [0.05, 0.1) is 0 Å². The molecule has 194 valence electrons. The van der Waals surface area contributed by atoms with E-state index < -0.39 is 0 Å². The highest BCUT2D eigenvalue weighted by atomic mass is 14.6. The van der Waals surface area contributed by atoms with Crippen molar-refractivity contribution in [1.29, 1.82) is 0 Å². The minimum Gasteiger partial charge on any atom is -0.103 e. The van der Waals surface area contributed by atoms with Crippen molar-refractivity contribution < 1.29 is 0 Å². The van der Waals surface area contributed by atoms with E-state index in [1.165, 1.54) is 38.5 Å². The van der Waals surface area contributed by atoms with Gasteiger partial charge in [0.1, 0.15) is 0 Å². The smallest absolute Gasteiger partial charge is 0.00419 e. The second-order valence-electron chi connectivity index (χ2n) is 14.5. The number of hydrogen-bond donors (Lipinski definition) is 0. The highest BCUT2D eigenvalue weighted by Crippen LogP contribution is 2.65. The van der Waals surface area contributed by atoms with Crippen molar-refractivity contribution in [2.24, 2.45) is 45.8 Å². The van der Waals surface area contributed by atoms with Crippen molar-refractivity contribution in [2.75, 3.05) is 0 Å². The zero-order chi connectivity index (χ0) is 25.7. The third-order valence-electron chi connectivity index (χ3n) is 10.2. The lowest BCUT2D eigenvalue weighted by atomic mass is 9.55. The Balaban J connectivity index is 1.63. The van der Waals surface area contributed by atoms with Crippen LogP contribution < -0.4 is 0 Å². The van der Waals surface area contributed by atoms with Crippen molar-refractivity contribution in [3.8, 4) is 0 Å². The van der Waals surface area contributed by atoms with Crippen molar-refractivity contribution in [1.82, 2.24) is 0 Å². The van der Waals surface area contributed by atoms with Crippen molar-refractivity contribution in [2.45, 2.75) is 92.9 Å². The molecule has 4 unspecified atom stereocenters. The van der Waals surface area contributed by atoms with Crippen LogP contribution in [0.15, 0.2) is 83.6 Å². The lowest BCUT2D eigenvalue weighted by Gasteiger charge is -2.49. The molecule has 0 amide bonds. The molecule has 0 radical (unpaired) electrons. The number of rotatable bonds is 5. The predicted molar refractivity (Wildman–Crippen MR) is 157 cm³/mol. The molecule has 0 aromatic heterocycles. The van der Waals surface area contributed by atoms with E-state index in [9.17, 15) is 0 Å². The van der Waals surface area contributed by atoms with Gasteiger partial charge in [-0.3, -0.25) is 0 Å². The number of hydrogen-bond acceptors (Lipinski definition) is 0. The molecule has 0 N–H and O–H groups in total. The molecule has 2 fully saturated rings. The molecule has 2 saturated carbocycles. The minimum atomic E-state index is 0.202. The molecule has 5 aliphatic carbocycles. The first-order valence-electron chi connectivity index (χ1n) is 14.9. The first-order chi connectivity index (χ1) is 17.0. The van der Waals surface area contributed by atoms with Crippen LogP contribution in [0.3, 0.4) is 0 Å². The Bertz CT molecular complexity index is 992. The van der Waals surface area contributed by atoms with Crippen LogP contribution in [0.5, 0.6) is 0 Å². The van der Waals surface area contributed by atoms with Gasteiger partial charge in [0.25, 0.3) is 0 Å². The Morgan fingerprint density at radius 3 is 1.89 bits per heavy atom. The molecule has 0 aromatic carbocycles. The van der Waals surface area contributed by atoms with Crippen LogP contribution in [0.25, 0.3) is 0 Å². The first kappa shape index (κ1) is 25.8. The van der Waals surface area contributed by atoms with E-state index in [0.29, 0.717) is 35.0 Å². The van der Waals surface area contributed by atoms with Gasteiger partial charge in [-0.1, -0.05) is 127 Å². The second-order valence-corrected chi connectivity index (χ2v) is 14.5. The van der Waals surface area contributed by atoms with Crippen LogP contribution in [-0.2, 0) is 0 Å². The van der Waals surface area contributed by atoms with Crippen molar-refractivity contribution in [3.63, 3.8) is 0 Å². The van der Waals surface area contributed by atoms with Gasteiger partial charge in [-0.2, -0.15) is 0 Å². The lowest BCUT2D eigenvalue weighted by Crippen LogP contribution is -2.40. The Hall–Kier alpha value is -1.82. The van der Waals surface area contributed by atoms with Gasteiger partial charge < -0.3 is 0 Å². The summed E-state index contributed by atoms with van der Waals surface area (Å²) in [7, 11) is 0. The molecular formula is C36H50. The molecule has 0 heterocycles. The molecule has 0 spiro atoms. The number of allylic oxidation sites excluding steroid dienone is 13. The zero-order valence-electron chi connectivity index (χ0n) is 23.9. The van der Waals surface area contributed by atoms with Crippen LogP contribution in [0.1, 0.15) is 92.9 Å². The topological polar surface area (TPSA) is 0 Å². The van der Waals surface area contributed by atoms with Crippen LogP contribution in [0.4, 0.5) is 0 Å². The minimum absolute atomic E-state index is 0.202. The van der Waals surface area contributed by atoms with Crippen LogP contribution in [0.2, 0.25) is 0 Å². The monoisotopic (exact) mass is 482 g/mol. The maximum Gasteiger partial charge on any atom is -0.00419 e. The molecule has 0 bridgehead atoms. The average molecular weight is 483 g/mol. The molecular weight excluding hydrogens is 432 g/mol. The van der Waals surface area contributed by atoms with Crippen LogP contribution in [0, 0.1) is 45.8 Å². The Labute approximate surface area is 222 Å². The fourth-order valence-corrected chi connectivity index (χ4v) is 8.31. The third-order valence-corrected chi connectivity index (χ3v) is 10.2. The van der Waals surface area contributed by atoms with E-state index in [1.54, 1.807) is 22.3 Å². The molecule has 5 aliphatic rings. The fraction of sp³-hybridized carbons (Fsp3) is 0.611. The molecule has 0 aliphatic heterocycles. The second kappa shape index (κ2) is 9.49. The van der Waals surface area contributed by atoms with Crippen LogP contribution in [-0.4, -0.2) is 0 Å². The van der Waals surface area contributed by atoms with Crippen LogP contribution >= 0.6 is 0 Å². The molecule has 0 saturated heterocycles. The highest BCUT2D eigenvalue weighted by Gasteiger charge is 2.58. The van der Waals surface area contributed by atoms with Gasteiger partial charge in [0.2, 0.25) is 0 Å². The van der Waals surface area contributed by atoms with Gasteiger partial charge in [-0.05, 0) is 89.1 Å². The van der Waals surface area contributed by atoms with Gasteiger partial charge >= 0.3 is 0 Å². The van der Waals surface area contributed by atoms with Gasteiger partial charge in [0.15, 0.2) is 0 Å². The Morgan fingerprint density at radius 2 is 1.39 bits per heavy atom. The summed E-state index contributed by atoms with van der Waals surface area (Å²) < 4.78 is 0. The lowest BCUT2D eigenvalue weighted by molar-refractivity contribution is 0.0927. The summed E-state index contributed by atoms with van der Waals surface area (Å²) in [5.74, 6) is 3.23. The quantitative estimate of drug-likeness (QED) is 0.342. The predicted octanol–water partition coefficient (Wildman–Crippen LogP) is 10.3. The first-order valence-corrected chi connectivity index (χ1v) is 14.9. The van der Waals surface area contributed by atoms with E-state index in [1.807, 2.05) is 0 Å². The zero-order valence-corrected chi connectivity index (χ0v) is 23.9. The Morgan fingerprint density at radius 1 is 0.833 bits per heavy atom. The highest BCUT2D eigenvalue weighted by molar-refractivity contribution is 5.43. The van der Waals surface area contributed by atoms with E-state index in [2.05, 4.69) is 103 Å². The van der Waals surface area contributed by atoms with E-state index in [0.717, 1.165) is 12.8 Å². The maximum absolute atomic E-state index is 3.98. The third kappa shape index (κ3) is 4.52. The molecule has 0 nitrogen and oxygen atoms in total.